The van der Waals surface area contributed by atoms with E-state index in [1.54, 1.807) is 6.92 Å². The molecule has 1 aliphatic rings. The van der Waals surface area contributed by atoms with Crippen molar-refractivity contribution in [3.05, 3.63) is 0 Å². The van der Waals surface area contributed by atoms with E-state index >= 15 is 0 Å². The van der Waals surface area contributed by atoms with Gasteiger partial charge in [0.15, 0.2) is 0 Å². The van der Waals surface area contributed by atoms with E-state index in [4.69, 9.17) is 4.74 Å². The molecule has 0 heterocycles. The summed E-state index contributed by atoms with van der Waals surface area (Å²) in [6.45, 7) is 9.98. The molecule has 3 unspecified atom stereocenters. The summed E-state index contributed by atoms with van der Waals surface area (Å²) in [4.78, 5) is 24.5. The minimum Gasteiger partial charge on any atom is -0.465 e. The average molecular weight is 283 g/mol. The fraction of sp³-hybridized carbons (Fsp3) is 0.875. The highest BCUT2D eigenvalue weighted by Gasteiger charge is 2.39. The number of hydrogen-bond acceptors (Lipinski definition) is 3. The molecule has 1 saturated carbocycles. The van der Waals surface area contributed by atoms with Crippen molar-refractivity contribution in [2.45, 2.75) is 66.3 Å². The fourth-order valence-corrected chi connectivity index (χ4v) is 2.93. The molecule has 0 aromatic heterocycles. The first kappa shape index (κ1) is 17.0. The zero-order valence-corrected chi connectivity index (χ0v) is 13.5. The first-order valence-corrected chi connectivity index (χ1v) is 7.72. The Bertz CT molecular complexity index is 346. The fourth-order valence-electron chi connectivity index (χ4n) is 2.93. The van der Waals surface area contributed by atoms with Gasteiger partial charge in [0, 0.05) is 6.04 Å². The van der Waals surface area contributed by atoms with Crippen molar-refractivity contribution in [3.63, 3.8) is 0 Å². The summed E-state index contributed by atoms with van der Waals surface area (Å²) in [5, 5.41) is 3.06. The molecule has 0 bridgehead atoms. The molecule has 0 spiro atoms. The highest BCUT2D eigenvalue weighted by atomic mass is 16.5. The van der Waals surface area contributed by atoms with Crippen LogP contribution in [0, 0.1) is 17.3 Å². The maximum absolute atomic E-state index is 12.5. The zero-order chi connectivity index (χ0) is 15.3. The third-order valence-electron chi connectivity index (χ3n) is 3.93. The summed E-state index contributed by atoms with van der Waals surface area (Å²) in [7, 11) is 0. The van der Waals surface area contributed by atoms with Crippen molar-refractivity contribution < 1.29 is 14.3 Å². The number of amides is 1. The van der Waals surface area contributed by atoms with Crippen molar-refractivity contribution in [2.24, 2.45) is 17.3 Å². The van der Waals surface area contributed by atoms with E-state index in [1.807, 2.05) is 20.8 Å². The van der Waals surface area contributed by atoms with Crippen LogP contribution in [0.25, 0.3) is 0 Å². The molecule has 0 saturated heterocycles. The summed E-state index contributed by atoms with van der Waals surface area (Å²) in [5.74, 6) is -0.694. The molecular weight excluding hydrogens is 254 g/mol. The van der Waals surface area contributed by atoms with Gasteiger partial charge in [-0.3, -0.25) is 9.59 Å². The van der Waals surface area contributed by atoms with Crippen molar-refractivity contribution in [2.75, 3.05) is 6.61 Å². The van der Waals surface area contributed by atoms with Crippen LogP contribution in [0.15, 0.2) is 0 Å². The number of nitrogens with one attached hydrogen (secondary N) is 1. The lowest BCUT2D eigenvalue weighted by Gasteiger charge is -2.32. The van der Waals surface area contributed by atoms with Gasteiger partial charge in [0.05, 0.1) is 6.61 Å². The van der Waals surface area contributed by atoms with Crippen LogP contribution >= 0.6 is 0 Å². The largest absolute Gasteiger partial charge is 0.465 e. The summed E-state index contributed by atoms with van der Waals surface area (Å²) in [6.07, 6.45) is 4.39. The quantitative estimate of drug-likeness (QED) is 0.637. The molecule has 1 aliphatic carbocycles. The minimum absolute atomic E-state index is 0.185. The van der Waals surface area contributed by atoms with Crippen LogP contribution in [0.5, 0.6) is 0 Å². The Kier molecular flexibility index (Phi) is 6.03. The SMILES string of the molecule is CCOC(=O)C(C(=O)NC1CCCC(C)C1)C(C)(C)C. The summed E-state index contributed by atoms with van der Waals surface area (Å²) in [6, 6.07) is 0.200. The van der Waals surface area contributed by atoms with Gasteiger partial charge >= 0.3 is 5.97 Å². The van der Waals surface area contributed by atoms with Crippen molar-refractivity contribution in [3.8, 4) is 0 Å². The predicted molar refractivity (Wildman–Crippen MR) is 79.1 cm³/mol. The summed E-state index contributed by atoms with van der Waals surface area (Å²) < 4.78 is 5.06. The Balaban J connectivity index is 2.70. The Labute approximate surface area is 122 Å². The highest BCUT2D eigenvalue weighted by Crippen LogP contribution is 2.29. The second-order valence-electron chi connectivity index (χ2n) is 7.03. The van der Waals surface area contributed by atoms with Gasteiger partial charge in [0.25, 0.3) is 0 Å². The molecule has 3 atom stereocenters. The van der Waals surface area contributed by atoms with Crippen LogP contribution in [-0.2, 0) is 14.3 Å². The highest BCUT2D eigenvalue weighted by molar-refractivity contribution is 5.98. The van der Waals surface area contributed by atoms with Crippen LogP contribution in [-0.4, -0.2) is 24.5 Å². The standard InChI is InChI=1S/C16H29NO3/c1-6-20-15(19)13(16(3,4)5)14(18)17-12-9-7-8-11(2)10-12/h11-13H,6-10H2,1-5H3,(H,17,18). The van der Waals surface area contributed by atoms with Crippen LogP contribution < -0.4 is 5.32 Å². The maximum atomic E-state index is 12.5. The smallest absolute Gasteiger partial charge is 0.319 e. The van der Waals surface area contributed by atoms with Crippen LogP contribution in [0.4, 0.5) is 0 Å². The van der Waals surface area contributed by atoms with Crippen LogP contribution in [0.1, 0.15) is 60.3 Å². The molecule has 0 radical (unpaired) electrons. The Hall–Kier alpha value is -1.06. The first-order valence-electron chi connectivity index (χ1n) is 7.72. The summed E-state index contributed by atoms with van der Waals surface area (Å²) >= 11 is 0. The van der Waals surface area contributed by atoms with E-state index in [1.165, 1.54) is 6.42 Å². The number of esters is 1. The molecule has 116 valence electrons. The normalized spacial score (nSPS) is 24.9. The Morgan fingerprint density at radius 3 is 2.45 bits per heavy atom. The zero-order valence-electron chi connectivity index (χ0n) is 13.5. The van der Waals surface area contributed by atoms with Crippen LogP contribution in [0.3, 0.4) is 0 Å². The van der Waals surface area contributed by atoms with Gasteiger partial charge in [-0.05, 0) is 31.1 Å². The molecule has 4 nitrogen and oxygen atoms in total. The molecule has 1 N–H and O–H groups in total. The Morgan fingerprint density at radius 1 is 1.30 bits per heavy atom. The first-order chi connectivity index (χ1) is 9.25. The number of carbonyl (C=O) groups excluding carboxylic acids is 2. The molecule has 4 heteroatoms. The van der Waals surface area contributed by atoms with Gasteiger partial charge in [0.1, 0.15) is 5.92 Å². The van der Waals surface area contributed by atoms with Crippen molar-refractivity contribution >= 4 is 11.9 Å². The van der Waals surface area contributed by atoms with Crippen molar-refractivity contribution in [1.29, 1.82) is 0 Å². The molecule has 20 heavy (non-hydrogen) atoms. The van der Waals surface area contributed by atoms with E-state index in [2.05, 4.69) is 12.2 Å². The van der Waals surface area contributed by atoms with Gasteiger partial charge in [-0.25, -0.2) is 0 Å². The minimum atomic E-state index is -0.736. The molecule has 0 aromatic carbocycles. The molecular formula is C16H29NO3. The topological polar surface area (TPSA) is 55.4 Å². The van der Waals surface area contributed by atoms with E-state index < -0.39 is 17.3 Å². The lowest BCUT2D eigenvalue weighted by Crippen LogP contribution is -2.48. The van der Waals surface area contributed by atoms with E-state index in [9.17, 15) is 9.59 Å². The van der Waals surface area contributed by atoms with Crippen LogP contribution in [0.2, 0.25) is 0 Å². The second-order valence-corrected chi connectivity index (χ2v) is 7.03. The maximum Gasteiger partial charge on any atom is 0.319 e. The second kappa shape index (κ2) is 7.09. The Morgan fingerprint density at radius 2 is 1.95 bits per heavy atom. The van der Waals surface area contributed by atoms with E-state index in [0.717, 1.165) is 19.3 Å². The van der Waals surface area contributed by atoms with Gasteiger partial charge in [0.2, 0.25) is 5.91 Å². The van der Waals surface area contributed by atoms with Crippen molar-refractivity contribution in [1.82, 2.24) is 5.32 Å². The van der Waals surface area contributed by atoms with Gasteiger partial charge < -0.3 is 10.1 Å². The molecule has 0 aromatic rings. The summed E-state index contributed by atoms with van der Waals surface area (Å²) in [5.41, 5.74) is -0.434. The number of hydrogen-bond donors (Lipinski definition) is 1. The molecule has 0 aliphatic heterocycles. The van der Waals surface area contributed by atoms with Gasteiger partial charge in [-0.2, -0.15) is 0 Å². The van der Waals surface area contributed by atoms with E-state index in [-0.39, 0.29) is 11.9 Å². The lowest BCUT2D eigenvalue weighted by atomic mass is 9.79. The third-order valence-corrected chi connectivity index (χ3v) is 3.93. The predicted octanol–water partition coefficient (Wildman–Crippen LogP) is 2.91. The monoisotopic (exact) mass is 283 g/mol. The molecule has 1 fully saturated rings. The van der Waals surface area contributed by atoms with Gasteiger partial charge in [-0.1, -0.05) is 40.5 Å². The molecule has 1 amide bonds. The average Bonchev–Trinajstić information content (AvgIpc) is 2.26. The number of rotatable bonds is 4. The number of ether oxygens (including phenoxy) is 1. The van der Waals surface area contributed by atoms with Gasteiger partial charge in [-0.15, -0.1) is 0 Å². The van der Waals surface area contributed by atoms with E-state index in [0.29, 0.717) is 12.5 Å². The third kappa shape index (κ3) is 4.80. The lowest BCUT2D eigenvalue weighted by molar-refractivity contribution is -0.157. The number of carbonyl (C=O) groups is 2. The molecule has 1 rings (SSSR count).